The lowest BCUT2D eigenvalue weighted by Gasteiger charge is -2.19. The summed E-state index contributed by atoms with van der Waals surface area (Å²) in [5.41, 5.74) is 0.944. The van der Waals surface area contributed by atoms with Gasteiger partial charge in [-0.1, -0.05) is 0 Å². The van der Waals surface area contributed by atoms with Crippen molar-refractivity contribution in [2.75, 3.05) is 13.2 Å². The lowest BCUT2D eigenvalue weighted by atomic mass is 10.1. The minimum atomic E-state index is -0.978. The summed E-state index contributed by atoms with van der Waals surface area (Å²) in [6.07, 6.45) is 1.46. The molecule has 2 heterocycles. The Hall–Kier alpha value is -2.17. The summed E-state index contributed by atoms with van der Waals surface area (Å²) in [6.45, 7) is 0.932. The number of H-pyrrole nitrogens is 1. The second-order valence-corrected chi connectivity index (χ2v) is 3.52. The predicted octanol–water partition coefficient (Wildman–Crippen LogP) is 1.64. The molecule has 2 aromatic rings. The largest absolute Gasteiger partial charge is 0.486 e. The maximum Gasteiger partial charge on any atom is 0.338 e. The second kappa shape index (κ2) is 3.16. The fourth-order valence-corrected chi connectivity index (χ4v) is 1.89. The van der Waals surface area contributed by atoms with Gasteiger partial charge in [0.1, 0.15) is 13.2 Å². The summed E-state index contributed by atoms with van der Waals surface area (Å²) in [5.74, 6) is 0.136. The van der Waals surface area contributed by atoms with E-state index in [2.05, 4.69) is 4.98 Å². The minimum absolute atomic E-state index is 0.206. The van der Waals surface area contributed by atoms with Gasteiger partial charge in [0.05, 0.1) is 16.5 Å². The molecule has 1 aromatic heterocycles. The standard InChI is InChI=1S/C11H9NO4/c13-11(14)6-5-12-7-1-2-8-10(9(6)7)16-4-3-15-8/h1-2,5,12H,3-4H2,(H,13,14). The molecule has 0 saturated heterocycles. The van der Waals surface area contributed by atoms with Gasteiger partial charge in [0.25, 0.3) is 0 Å². The van der Waals surface area contributed by atoms with Gasteiger partial charge in [-0.05, 0) is 12.1 Å². The topological polar surface area (TPSA) is 71.5 Å². The van der Waals surface area contributed by atoms with Crippen LogP contribution in [0.5, 0.6) is 11.5 Å². The molecular weight excluding hydrogens is 210 g/mol. The Morgan fingerprint density at radius 2 is 2.12 bits per heavy atom. The fraction of sp³-hybridized carbons (Fsp3) is 0.182. The van der Waals surface area contributed by atoms with Crippen LogP contribution >= 0.6 is 0 Å². The van der Waals surface area contributed by atoms with E-state index in [0.29, 0.717) is 30.1 Å². The number of rotatable bonds is 1. The van der Waals surface area contributed by atoms with Gasteiger partial charge in [-0.25, -0.2) is 4.79 Å². The number of benzene rings is 1. The van der Waals surface area contributed by atoms with Crippen LogP contribution in [-0.2, 0) is 0 Å². The summed E-state index contributed by atoms with van der Waals surface area (Å²) >= 11 is 0. The van der Waals surface area contributed by atoms with Crippen LogP contribution in [-0.4, -0.2) is 29.3 Å². The highest BCUT2D eigenvalue weighted by molar-refractivity contribution is 6.06. The molecule has 0 unspecified atom stereocenters. The molecule has 1 aromatic carbocycles. The smallest absolute Gasteiger partial charge is 0.338 e. The maximum absolute atomic E-state index is 11.0. The van der Waals surface area contributed by atoms with Crippen molar-refractivity contribution in [1.29, 1.82) is 0 Å². The van der Waals surface area contributed by atoms with Gasteiger partial charge in [-0.15, -0.1) is 0 Å². The number of aromatic amines is 1. The molecule has 1 aliphatic heterocycles. The number of aromatic carboxylic acids is 1. The Labute approximate surface area is 90.6 Å². The summed E-state index contributed by atoms with van der Waals surface area (Å²) in [5, 5.41) is 9.63. The van der Waals surface area contributed by atoms with Crippen molar-refractivity contribution < 1.29 is 19.4 Å². The highest BCUT2D eigenvalue weighted by atomic mass is 16.6. The minimum Gasteiger partial charge on any atom is -0.486 e. The normalized spacial score (nSPS) is 14.0. The molecule has 16 heavy (non-hydrogen) atoms. The van der Waals surface area contributed by atoms with Crippen molar-refractivity contribution in [2.24, 2.45) is 0 Å². The monoisotopic (exact) mass is 219 g/mol. The zero-order valence-corrected chi connectivity index (χ0v) is 8.32. The van der Waals surface area contributed by atoms with E-state index in [1.54, 1.807) is 12.1 Å². The Morgan fingerprint density at radius 3 is 2.94 bits per heavy atom. The first-order valence-electron chi connectivity index (χ1n) is 4.90. The van der Waals surface area contributed by atoms with E-state index in [0.717, 1.165) is 5.52 Å². The van der Waals surface area contributed by atoms with Gasteiger partial charge in [0.2, 0.25) is 0 Å². The average molecular weight is 219 g/mol. The van der Waals surface area contributed by atoms with Crippen molar-refractivity contribution in [3.8, 4) is 11.5 Å². The van der Waals surface area contributed by atoms with E-state index in [1.165, 1.54) is 6.20 Å². The van der Waals surface area contributed by atoms with E-state index in [4.69, 9.17) is 14.6 Å². The zero-order valence-electron chi connectivity index (χ0n) is 8.32. The lowest BCUT2D eigenvalue weighted by Crippen LogP contribution is -2.15. The third kappa shape index (κ3) is 1.14. The number of hydrogen-bond acceptors (Lipinski definition) is 3. The molecule has 0 atom stereocenters. The molecule has 0 bridgehead atoms. The molecule has 1 aliphatic rings. The highest BCUT2D eigenvalue weighted by Crippen LogP contribution is 2.39. The van der Waals surface area contributed by atoms with E-state index < -0.39 is 5.97 Å². The lowest BCUT2D eigenvalue weighted by molar-refractivity contribution is 0.0698. The van der Waals surface area contributed by atoms with Crippen molar-refractivity contribution in [2.45, 2.75) is 0 Å². The first-order chi connectivity index (χ1) is 7.77. The van der Waals surface area contributed by atoms with Gasteiger partial charge in [-0.2, -0.15) is 0 Å². The number of carboxylic acid groups (broad SMARTS) is 1. The fourth-order valence-electron chi connectivity index (χ4n) is 1.89. The average Bonchev–Trinajstić information content (AvgIpc) is 2.73. The number of nitrogens with one attached hydrogen (secondary N) is 1. The predicted molar refractivity (Wildman–Crippen MR) is 56.2 cm³/mol. The molecule has 0 saturated carbocycles. The van der Waals surface area contributed by atoms with E-state index in [-0.39, 0.29) is 5.56 Å². The Morgan fingerprint density at radius 1 is 1.31 bits per heavy atom. The molecule has 5 nitrogen and oxygen atoms in total. The number of carbonyl (C=O) groups is 1. The maximum atomic E-state index is 11.0. The first-order valence-corrected chi connectivity index (χ1v) is 4.90. The molecular formula is C11H9NO4. The number of ether oxygens (including phenoxy) is 2. The van der Waals surface area contributed by atoms with Crippen LogP contribution < -0.4 is 9.47 Å². The van der Waals surface area contributed by atoms with Gasteiger partial charge in [0, 0.05) is 6.20 Å². The molecule has 0 radical (unpaired) electrons. The second-order valence-electron chi connectivity index (χ2n) is 3.52. The molecule has 2 N–H and O–H groups in total. The Bertz CT molecular complexity index is 573. The molecule has 5 heteroatoms. The molecule has 0 aliphatic carbocycles. The van der Waals surface area contributed by atoms with Crippen LogP contribution in [0.25, 0.3) is 10.9 Å². The van der Waals surface area contributed by atoms with E-state index >= 15 is 0 Å². The molecule has 0 spiro atoms. The van der Waals surface area contributed by atoms with Crippen LogP contribution in [0.3, 0.4) is 0 Å². The van der Waals surface area contributed by atoms with Gasteiger partial charge >= 0.3 is 5.97 Å². The summed E-state index contributed by atoms with van der Waals surface area (Å²) < 4.78 is 10.9. The van der Waals surface area contributed by atoms with Gasteiger partial charge < -0.3 is 19.6 Å². The highest BCUT2D eigenvalue weighted by Gasteiger charge is 2.21. The van der Waals surface area contributed by atoms with Crippen LogP contribution in [0.15, 0.2) is 18.3 Å². The van der Waals surface area contributed by atoms with Crippen LogP contribution in [0.4, 0.5) is 0 Å². The number of hydrogen-bond donors (Lipinski definition) is 2. The van der Waals surface area contributed by atoms with Crippen molar-refractivity contribution in [3.63, 3.8) is 0 Å². The van der Waals surface area contributed by atoms with Crippen LogP contribution in [0, 0.1) is 0 Å². The van der Waals surface area contributed by atoms with Gasteiger partial charge in [-0.3, -0.25) is 0 Å². The first kappa shape index (κ1) is 9.08. The summed E-state index contributed by atoms with van der Waals surface area (Å²) in [4.78, 5) is 13.9. The third-order valence-corrected chi connectivity index (χ3v) is 2.58. The Balaban J connectivity index is 2.35. The quantitative estimate of drug-likeness (QED) is 0.764. The van der Waals surface area contributed by atoms with Crippen molar-refractivity contribution >= 4 is 16.9 Å². The van der Waals surface area contributed by atoms with Crippen LogP contribution in [0.2, 0.25) is 0 Å². The zero-order chi connectivity index (χ0) is 11.1. The summed E-state index contributed by atoms with van der Waals surface area (Å²) in [6, 6.07) is 3.56. The number of carboxylic acids is 1. The van der Waals surface area contributed by atoms with Crippen molar-refractivity contribution in [3.05, 3.63) is 23.9 Å². The molecule has 0 amide bonds. The molecule has 0 fully saturated rings. The Kier molecular flexibility index (Phi) is 1.80. The molecule has 82 valence electrons. The third-order valence-electron chi connectivity index (χ3n) is 2.58. The van der Waals surface area contributed by atoms with E-state index in [1.807, 2.05) is 0 Å². The van der Waals surface area contributed by atoms with E-state index in [9.17, 15) is 4.79 Å². The van der Waals surface area contributed by atoms with Gasteiger partial charge in [0.15, 0.2) is 11.5 Å². The SMILES string of the molecule is O=C(O)c1c[nH]c2ccc3c(c12)OCCO3. The van der Waals surface area contributed by atoms with Crippen molar-refractivity contribution in [1.82, 2.24) is 4.98 Å². The molecule has 3 rings (SSSR count). The number of fused-ring (bicyclic) bond motifs is 3. The van der Waals surface area contributed by atoms with Crippen LogP contribution in [0.1, 0.15) is 10.4 Å². The number of aromatic nitrogens is 1. The summed E-state index contributed by atoms with van der Waals surface area (Å²) in [7, 11) is 0.